The van der Waals surface area contributed by atoms with Crippen LogP contribution in [0.4, 0.5) is 0 Å². The first kappa shape index (κ1) is 21.7. The van der Waals surface area contributed by atoms with Gasteiger partial charge in [0.05, 0.1) is 30.8 Å². The lowest BCUT2D eigenvalue weighted by molar-refractivity contribution is 0.00166. The van der Waals surface area contributed by atoms with E-state index in [0.29, 0.717) is 50.0 Å². The van der Waals surface area contributed by atoms with Crippen LogP contribution in [-0.4, -0.2) is 77.4 Å². The topological polar surface area (TPSA) is 119 Å². The Labute approximate surface area is 179 Å². The van der Waals surface area contributed by atoms with Gasteiger partial charge in [0.25, 0.3) is 11.5 Å². The molecule has 0 aromatic carbocycles. The van der Waals surface area contributed by atoms with Crippen molar-refractivity contribution in [1.82, 2.24) is 24.8 Å². The zero-order valence-corrected chi connectivity index (χ0v) is 17.8. The van der Waals surface area contributed by atoms with Gasteiger partial charge in [0.2, 0.25) is 0 Å². The minimum Gasteiger partial charge on any atom is -0.381 e. The van der Waals surface area contributed by atoms with Crippen molar-refractivity contribution >= 4 is 16.9 Å². The maximum Gasteiger partial charge on any atom is 0.329 e. The molecule has 0 radical (unpaired) electrons. The van der Waals surface area contributed by atoms with Crippen LogP contribution in [0.15, 0.2) is 21.9 Å². The Bertz CT molecular complexity index is 1040. The largest absolute Gasteiger partial charge is 0.381 e. The van der Waals surface area contributed by atoms with Crippen molar-refractivity contribution in [3.8, 4) is 0 Å². The Hall–Kier alpha value is -2.56. The van der Waals surface area contributed by atoms with E-state index < -0.39 is 11.2 Å². The fourth-order valence-corrected chi connectivity index (χ4v) is 4.38. The van der Waals surface area contributed by atoms with Crippen molar-refractivity contribution in [3.05, 3.63) is 38.7 Å². The third kappa shape index (κ3) is 4.70. The number of carbonyl (C=O) groups excluding carboxylic acids is 1. The third-order valence-corrected chi connectivity index (χ3v) is 6.04. The molecule has 2 aliphatic rings. The molecular formula is C21H29N5O5. The molecular weight excluding hydrogens is 402 g/mol. The van der Waals surface area contributed by atoms with E-state index in [1.165, 1.54) is 16.8 Å². The van der Waals surface area contributed by atoms with E-state index in [1.807, 2.05) is 6.92 Å². The Kier molecular flexibility index (Phi) is 6.79. The normalized spacial score (nSPS) is 20.7. The van der Waals surface area contributed by atoms with E-state index in [-0.39, 0.29) is 17.3 Å². The number of morpholine rings is 1. The summed E-state index contributed by atoms with van der Waals surface area (Å²) in [6.45, 7) is 7.34. The molecule has 2 N–H and O–H groups in total. The van der Waals surface area contributed by atoms with Crippen LogP contribution in [-0.2, 0) is 16.0 Å². The number of nitrogens with zero attached hydrogens (tertiary/aromatic N) is 3. The number of nitrogens with one attached hydrogen (secondary N) is 2. The van der Waals surface area contributed by atoms with Crippen LogP contribution in [0.3, 0.4) is 0 Å². The summed E-state index contributed by atoms with van der Waals surface area (Å²) in [6.07, 6.45) is 3.11. The molecule has 2 aromatic rings. The van der Waals surface area contributed by atoms with Crippen LogP contribution in [0.5, 0.6) is 0 Å². The number of aromatic amines is 1. The molecule has 0 bridgehead atoms. The number of aryl methyl sites for hydroxylation is 1. The molecule has 0 spiro atoms. The van der Waals surface area contributed by atoms with Gasteiger partial charge in [-0.2, -0.15) is 0 Å². The molecule has 0 aliphatic carbocycles. The quantitative estimate of drug-likeness (QED) is 0.632. The molecule has 0 saturated carbocycles. The zero-order chi connectivity index (χ0) is 21.8. The second-order valence-electron chi connectivity index (χ2n) is 8.06. The van der Waals surface area contributed by atoms with E-state index in [2.05, 4.69) is 20.2 Å². The number of carbonyl (C=O) groups is 1. The van der Waals surface area contributed by atoms with Crippen LogP contribution in [0.25, 0.3) is 11.0 Å². The van der Waals surface area contributed by atoms with E-state index in [4.69, 9.17) is 9.47 Å². The number of amides is 1. The highest BCUT2D eigenvalue weighted by molar-refractivity contribution is 5.96. The number of aromatic nitrogens is 3. The van der Waals surface area contributed by atoms with Gasteiger partial charge in [-0.05, 0) is 18.9 Å². The van der Waals surface area contributed by atoms with Crippen LogP contribution >= 0.6 is 0 Å². The SMILES string of the molecule is CCCn1c(=O)[nH]c(=O)c2cc(C(=O)NCC(C3CCOC3)N3CCOCC3)cnc21. The molecule has 2 atom stereocenters. The maximum atomic E-state index is 12.9. The van der Waals surface area contributed by atoms with Crippen LogP contribution in [0.1, 0.15) is 30.1 Å². The van der Waals surface area contributed by atoms with Crippen molar-refractivity contribution in [3.63, 3.8) is 0 Å². The highest BCUT2D eigenvalue weighted by Crippen LogP contribution is 2.22. The van der Waals surface area contributed by atoms with Crippen LogP contribution < -0.4 is 16.6 Å². The van der Waals surface area contributed by atoms with Gasteiger partial charge in [0, 0.05) is 50.9 Å². The fourth-order valence-electron chi connectivity index (χ4n) is 4.38. The highest BCUT2D eigenvalue weighted by Gasteiger charge is 2.31. The highest BCUT2D eigenvalue weighted by atomic mass is 16.5. The molecule has 31 heavy (non-hydrogen) atoms. The average Bonchev–Trinajstić information content (AvgIpc) is 3.31. The fraction of sp³-hybridized carbons (Fsp3) is 0.619. The average molecular weight is 431 g/mol. The zero-order valence-electron chi connectivity index (χ0n) is 17.8. The number of rotatable bonds is 7. The van der Waals surface area contributed by atoms with E-state index in [1.54, 1.807) is 0 Å². The van der Waals surface area contributed by atoms with E-state index >= 15 is 0 Å². The summed E-state index contributed by atoms with van der Waals surface area (Å²) in [7, 11) is 0. The minimum absolute atomic E-state index is 0.168. The first-order chi connectivity index (χ1) is 15.1. The van der Waals surface area contributed by atoms with Crippen LogP contribution in [0, 0.1) is 5.92 Å². The number of H-pyrrole nitrogens is 1. The number of fused-ring (bicyclic) bond motifs is 1. The number of ether oxygens (including phenoxy) is 2. The second kappa shape index (κ2) is 9.71. The number of pyridine rings is 1. The van der Waals surface area contributed by atoms with Gasteiger partial charge in [-0.15, -0.1) is 0 Å². The first-order valence-electron chi connectivity index (χ1n) is 10.9. The van der Waals surface area contributed by atoms with Gasteiger partial charge in [-0.25, -0.2) is 9.78 Å². The van der Waals surface area contributed by atoms with Gasteiger partial charge >= 0.3 is 5.69 Å². The summed E-state index contributed by atoms with van der Waals surface area (Å²) in [5.41, 5.74) is -0.440. The molecule has 2 aromatic heterocycles. The van der Waals surface area contributed by atoms with Crippen molar-refractivity contribution in [2.24, 2.45) is 5.92 Å². The summed E-state index contributed by atoms with van der Waals surface area (Å²) in [6, 6.07) is 1.67. The predicted octanol–water partition coefficient (Wildman–Crippen LogP) is -0.0381. The third-order valence-electron chi connectivity index (χ3n) is 6.04. The Balaban J connectivity index is 1.53. The monoisotopic (exact) mass is 431 g/mol. The molecule has 168 valence electrons. The van der Waals surface area contributed by atoms with E-state index in [0.717, 1.165) is 32.5 Å². The summed E-state index contributed by atoms with van der Waals surface area (Å²) in [4.78, 5) is 46.2. The van der Waals surface area contributed by atoms with Crippen molar-refractivity contribution in [2.45, 2.75) is 32.4 Å². The maximum absolute atomic E-state index is 12.9. The van der Waals surface area contributed by atoms with Gasteiger partial charge < -0.3 is 14.8 Å². The molecule has 10 nitrogen and oxygen atoms in total. The lowest BCUT2D eigenvalue weighted by Gasteiger charge is -2.37. The Morgan fingerprint density at radius 1 is 1.29 bits per heavy atom. The smallest absolute Gasteiger partial charge is 0.329 e. The van der Waals surface area contributed by atoms with Crippen molar-refractivity contribution in [1.29, 1.82) is 0 Å². The molecule has 10 heteroatoms. The van der Waals surface area contributed by atoms with Gasteiger partial charge in [0.1, 0.15) is 5.65 Å². The van der Waals surface area contributed by atoms with Crippen molar-refractivity contribution < 1.29 is 14.3 Å². The predicted molar refractivity (Wildman–Crippen MR) is 114 cm³/mol. The molecule has 4 rings (SSSR count). The standard InChI is InChI=1S/C21H29N5O5/c1-2-4-26-18-16(20(28)24-21(26)29)10-15(11-22-18)19(27)23-12-17(14-3-7-31-13-14)25-5-8-30-9-6-25/h10-11,14,17H,2-9,12-13H2,1H3,(H,23,27)(H,24,28,29). The molecule has 2 fully saturated rings. The van der Waals surface area contributed by atoms with Gasteiger partial charge in [-0.3, -0.25) is 24.0 Å². The molecule has 1 amide bonds. The minimum atomic E-state index is -0.538. The Morgan fingerprint density at radius 3 is 2.81 bits per heavy atom. The molecule has 2 unspecified atom stereocenters. The Morgan fingerprint density at radius 2 is 2.10 bits per heavy atom. The summed E-state index contributed by atoms with van der Waals surface area (Å²) in [5.74, 6) is 0.0682. The lowest BCUT2D eigenvalue weighted by atomic mass is 9.96. The summed E-state index contributed by atoms with van der Waals surface area (Å²) >= 11 is 0. The molecule has 2 aliphatic heterocycles. The van der Waals surface area contributed by atoms with Gasteiger partial charge in [0.15, 0.2) is 0 Å². The van der Waals surface area contributed by atoms with E-state index in [9.17, 15) is 14.4 Å². The first-order valence-corrected chi connectivity index (χ1v) is 10.9. The lowest BCUT2D eigenvalue weighted by Crippen LogP contribution is -2.52. The summed E-state index contributed by atoms with van der Waals surface area (Å²) in [5, 5.41) is 3.24. The van der Waals surface area contributed by atoms with Crippen molar-refractivity contribution in [2.75, 3.05) is 46.1 Å². The number of hydrogen-bond donors (Lipinski definition) is 2. The molecule has 4 heterocycles. The van der Waals surface area contributed by atoms with Gasteiger partial charge in [-0.1, -0.05) is 6.92 Å². The second-order valence-corrected chi connectivity index (χ2v) is 8.06. The summed E-state index contributed by atoms with van der Waals surface area (Å²) < 4.78 is 12.5. The van der Waals surface area contributed by atoms with Crippen LogP contribution in [0.2, 0.25) is 0 Å². The molecule has 2 saturated heterocycles. The number of hydrogen-bond acceptors (Lipinski definition) is 7.